The molecule has 0 aliphatic heterocycles. The number of hydrogen-bond acceptors (Lipinski definition) is 1. The molecule has 0 saturated carbocycles. The van der Waals surface area contributed by atoms with Crippen LogP contribution < -0.4 is 11.3 Å². The predicted molar refractivity (Wildman–Crippen MR) is 73.3 cm³/mol. The fourth-order valence-corrected chi connectivity index (χ4v) is 4.96. The van der Waals surface area contributed by atoms with Gasteiger partial charge >= 0.3 is 114 Å². The van der Waals surface area contributed by atoms with Gasteiger partial charge in [-0.3, -0.25) is 0 Å². The van der Waals surface area contributed by atoms with Crippen molar-refractivity contribution in [2.75, 3.05) is 0 Å². The summed E-state index contributed by atoms with van der Waals surface area (Å²) in [6.45, 7) is 1.94. The minimum atomic E-state index is -0.735. The van der Waals surface area contributed by atoms with Crippen molar-refractivity contribution in [3.63, 3.8) is 0 Å². The van der Waals surface area contributed by atoms with Crippen molar-refractivity contribution < 1.29 is 4.74 Å². The molecule has 0 aliphatic rings. The summed E-state index contributed by atoms with van der Waals surface area (Å²) in [5, 5.41) is 0. The summed E-state index contributed by atoms with van der Waals surface area (Å²) in [6.07, 6.45) is 3.59. The van der Waals surface area contributed by atoms with Crippen molar-refractivity contribution in [1.29, 1.82) is 0 Å². The van der Waals surface area contributed by atoms with E-state index in [2.05, 4.69) is 42.5 Å². The Morgan fingerprint density at radius 3 is 2.18 bits per heavy atom. The Balaban J connectivity index is 2.03. The van der Waals surface area contributed by atoms with Gasteiger partial charge in [0.2, 0.25) is 0 Å². The van der Waals surface area contributed by atoms with Gasteiger partial charge in [0.25, 0.3) is 0 Å². The van der Waals surface area contributed by atoms with Crippen LogP contribution in [0.1, 0.15) is 6.92 Å². The van der Waals surface area contributed by atoms with Crippen LogP contribution in [0.15, 0.2) is 66.9 Å². The van der Waals surface area contributed by atoms with E-state index in [0.717, 1.165) is 5.75 Å². The van der Waals surface area contributed by atoms with E-state index in [0.29, 0.717) is 0 Å². The maximum atomic E-state index is 5.40. The van der Waals surface area contributed by atoms with Crippen LogP contribution in [-0.2, 0) is 0 Å². The number of hydrogen-bond donors (Lipinski definition) is 0. The Morgan fingerprint density at radius 1 is 0.882 bits per heavy atom. The van der Waals surface area contributed by atoms with Crippen LogP contribution >= 0.6 is 0 Å². The zero-order valence-electron chi connectivity index (χ0n) is 9.71. The molecule has 1 radical (unpaired) electrons. The van der Waals surface area contributed by atoms with Crippen molar-refractivity contribution >= 4 is 29.8 Å². The van der Waals surface area contributed by atoms with Crippen LogP contribution in [0.4, 0.5) is 0 Å². The fourth-order valence-electron chi connectivity index (χ4n) is 1.40. The minimum absolute atomic E-state index is 0.735. The van der Waals surface area contributed by atoms with Gasteiger partial charge in [0.1, 0.15) is 0 Å². The quantitative estimate of drug-likeness (QED) is 0.546. The summed E-state index contributed by atoms with van der Waals surface area (Å²) in [7, 11) is 0. The second-order valence-corrected chi connectivity index (χ2v) is 8.41. The Kier molecular flexibility index (Phi) is 4.76. The molecule has 0 amide bonds. The van der Waals surface area contributed by atoms with Crippen molar-refractivity contribution in [3.05, 3.63) is 66.9 Å². The molecule has 1 nitrogen and oxygen atoms in total. The Morgan fingerprint density at radius 2 is 1.53 bits per heavy atom. The molecule has 0 unspecified atom stereocenters. The second-order valence-electron chi connectivity index (χ2n) is 3.53. The molecule has 0 bridgehead atoms. The van der Waals surface area contributed by atoms with Crippen LogP contribution in [0.2, 0.25) is 0 Å². The zero-order chi connectivity index (χ0) is 11.9. The van der Waals surface area contributed by atoms with Gasteiger partial charge in [-0.15, -0.1) is 0 Å². The van der Waals surface area contributed by atoms with E-state index in [4.69, 9.17) is 4.74 Å². The van der Waals surface area contributed by atoms with Gasteiger partial charge < -0.3 is 0 Å². The summed E-state index contributed by atoms with van der Waals surface area (Å²) in [5.74, 6) is 0.904. The van der Waals surface area contributed by atoms with E-state index in [1.165, 1.54) is 6.54 Å². The van der Waals surface area contributed by atoms with Gasteiger partial charge in [-0.1, -0.05) is 0 Å². The molecular formula is C15H14BiO. The molecule has 0 aromatic heterocycles. The summed E-state index contributed by atoms with van der Waals surface area (Å²) in [5.41, 5.74) is 0. The molecular weight excluding hydrogens is 405 g/mol. The van der Waals surface area contributed by atoms with Crippen LogP contribution in [0, 0.1) is 0 Å². The first-order chi connectivity index (χ1) is 8.38. The number of allylic oxidation sites excluding steroid dienone is 1. The van der Waals surface area contributed by atoms with E-state index in [1.54, 1.807) is 6.26 Å². The third-order valence-corrected chi connectivity index (χ3v) is 6.52. The Labute approximate surface area is 114 Å². The Bertz CT molecular complexity index is 474. The standard InChI is InChI=1S/C9H9O.C6H5.Bi/c1-2-8-10-9-6-4-3-5-7-9;1-2-4-6-5-3-1;/h2,4-8H,1H3;1-5H;. The molecule has 0 aliphatic carbocycles. The summed E-state index contributed by atoms with van der Waals surface area (Å²) >= 11 is -0.735. The molecule has 0 fully saturated rings. The third kappa shape index (κ3) is 3.98. The Hall–Kier alpha value is -1.14. The van der Waals surface area contributed by atoms with Gasteiger partial charge in [-0.25, -0.2) is 0 Å². The van der Waals surface area contributed by atoms with Gasteiger partial charge in [0, 0.05) is 0 Å². The topological polar surface area (TPSA) is 9.23 Å². The summed E-state index contributed by atoms with van der Waals surface area (Å²) in [6, 6.07) is 19.2. The molecule has 0 atom stereocenters. The predicted octanol–water partition coefficient (Wildman–Crippen LogP) is 2.25. The number of benzene rings is 2. The molecule has 2 aromatic carbocycles. The first kappa shape index (κ1) is 12.3. The molecule has 17 heavy (non-hydrogen) atoms. The van der Waals surface area contributed by atoms with Crippen molar-refractivity contribution in [3.8, 4) is 5.75 Å². The molecule has 85 valence electrons. The molecule has 0 saturated heterocycles. The molecule has 2 heteroatoms. The third-order valence-electron chi connectivity index (χ3n) is 2.19. The van der Waals surface area contributed by atoms with Crippen LogP contribution in [0.5, 0.6) is 5.75 Å². The average molecular weight is 419 g/mol. The summed E-state index contributed by atoms with van der Waals surface area (Å²) in [4.78, 5) is 0. The van der Waals surface area contributed by atoms with Crippen molar-refractivity contribution in [2.45, 2.75) is 6.92 Å². The molecule has 0 heterocycles. The van der Waals surface area contributed by atoms with E-state index in [-0.39, 0.29) is 0 Å². The molecule has 2 rings (SSSR count). The van der Waals surface area contributed by atoms with E-state index >= 15 is 0 Å². The van der Waals surface area contributed by atoms with Gasteiger partial charge in [0.05, 0.1) is 0 Å². The summed E-state index contributed by atoms with van der Waals surface area (Å²) < 4.78 is 8.38. The van der Waals surface area contributed by atoms with Gasteiger partial charge in [-0.05, 0) is 0 Å². The van der Waals surface area contributed by atoms with E-state index in [1.807, 2.05) is 25.1 Å². The van der Waals surface area contributed by atoms with Crippen LogP contribution in [-0.4, -0.2) is 23.2 Å². The first-order valence-electron chi connectivity index (χ1n) is 5.53. The first-order valence-corrected chi connectivity index (χ1v) is 9.01. The normalized spacial score (nSPS) is 10.6. The maximum absolute atomic E-state index is 5.40. The molecule has 0 spiro atoms. The van der Waals surface area contributed by atoms with Crippen molar-refractivity contribution in [2.24, 2.45) is 0 Å². The number of rotatable bonds is 4. The molecule has 0 N–H and O–H groups in total. The average Bonchev–Trinajstić information content (AvgIpc) is 2.39. The van der Waals surface area contributed by atoms with Gasteiger partial charge in [0.15, 0.2) is 0 Å². The molecule has 2 aromatic rings. The second kappa shape index (κ2) is 6.56. The zero-order valence-corrected chi connectivity index (χ0v) is 13.2. The SMILES string of the molecule is CC=COc1cc[c]([Bi][c]2ccccc2)cc1. The van der Waals surface area contributed by atoms with Crippen molar-refractivity contribution in [1.82, 2.24) is 0 Å². The fraction of sp³-hybridized carbons (Fsp3) is 0.0667. The van der Waals surface area contributed by atoms with Crippen LogP contribution in [0.3, 0.4) is 0 Å². The number of ether oxygens (including phenoxy) is 1. The monoisotopic (exact) mass is 419 g/mol. The van der Waals surface area contributed by atoms with Gasteiger partial charge in [-0.2, -0.15) is 0 Å². The van der Waals surface area contributed by atoms with E-state index < -0.39 is 23.2 Å². The van der Waals surface area contributed by atoms with E-state index in [9.17, 15) is 0 Å². The van der Waals surface area contributed by atoms with Crippen LogP contribution in [0.25, 0.3) is 0 Å².